The first-order valence-corrected chi connectivity index (χ1v) is 5.70. The summed E-state index contributed by atoms with van der Waals surface area (Å²) in [6, 6.07) is 5.62. The molecule has 1 aromatic rings. The summed E-state index contributed by atoms with van der Waals surface area (Å²) in [5.74, 6) is 0.656. The van der Waals surface area contributed by atoms with Gasteiger partial charge in [0.15, 0.2) is 0 Å². The molecule has 17 heavy (non-hydrogen) atoms. The monoisotopic (exact) mass is 236 g/mol. The van der Waals surface area contributed by atoms with Gasteiger partial charge in [0.05, 0.1) is 18.3 Å². The van der Waals surface area contributed by atoms with Gasteiger partial charge >= 0.3 is 0 Å². The van der Waals surface area contributed by atoms with Crippen molar-refractivity contribution in [3.63, 3.8) is 0 Å². The van der Waals surface area contributed by atoms with Gasteiger partial charge in [-0.1, -0.05) is 11.6 Å². The highest BCUT2D eigenvalue weighted by Gasteiger charge is 2.06. The molecule has 0 aromatic heterocycles. The first-order chi connectivity index (χ1) is 8.00. The predicted octanol–water partition coefficient (Wildman–Crippen LogP) is 2.08. The van der Waals surface area contributed by atoms with E-state index in [4.69, 9.17) is 20.6 Å². The van der Waals surface area contributed by atoms with E-state index in [0.29, 0.717) is 24.5 Å². The zero-order valence-corrected chi connectivity index (χ0v) is 10.6. The molecule has 4 heteroatoms. The highest BCUT2D eigenvalue weighted by atomic mass is 16.5. The van der Waals surface area contributed by atoms with Gasteiger partial charge in [-0.25, -0.2) is 0 Å². The van der Waals surface area contributed by atoms with Crippen LogP contribution in [0.5, 0.6) is 5.75 Å². The fraction of sp³-hybridized carbons (Fsp3) is 0.462. The molecule has 0 unspecified atom stereocenters. The van der Waals surface area contributed by atoms with Crippen LogP contribution in [0.4, 0.5) is 0 Å². The molecule has 1 aromatic carbocycles. The van der Waals surface area contributed by atoms with Gasteiger partial charge < -0.3 is 15.2 Å². The maximum absolute atomic E-state index is 7.49. The van der Waals surface area contributed by atoms with Crippen LogP contribution < -0.4 is 10.5 Å². The Morgan fingerprint density at radius 3 is 2.65 bits per heavy atom. The SMILES string of the molecule is Cc1ccc(OCCOC(C)C)c(C(=N)N)c1. The lowest BCUT2D eigenvalue weighted by Gasteiger charge is -2.12. The molecule has 3 N–H and O–H groups in total. The standard InChI is InChI=1S/C13H20N2O2/c1-9(2)16-6-7-17-12-5-4-10(3)8-11(12)13(14)15/h4-5,8-9H,6-7H2,1-3H3,(H3,14,15). The predicted molar refractivity (Wildman–Crippen MR) is 68.8 cm³/mol. The van der Waals surface area contributed by atoms with Gasteiger partial charge in [0, 0.05) is 0 Å². The topological polar surface area (TPSA) is 68.3 Å². The summed E-state index contributed by atoms with van der Waals surface area (Å²) in [7, 11) is 0. The van der Waals surface area contributed by atoms with Crippen LogP contribution in [0.1, 0.15) is 25.0 Å². The summed E-state index contributed by atoms with van der Waals surface area (Å²) in [5, 5.41) is 7.49. The Morgan fingerprint density at radius 1 is 1.35 bits per heavy atom. The minimum atomic E-state index is 0.0217. The van der Waals surface area contributed by atoms with Crippen molar-refractivity contribution < 1.29 is 9.47 Å². The molecule has 0 saturated heterocycles. The average Bonchev–Trinajstić information content (AvgIpc) is 2.25. The van der Waals surface area contributed by atoms with Gasteiger partial charge in [0.1, 0.15) is 18.2 Å². The van der Waals surface area contributed by atoms with E-state index in [2.05, 4.69) is 0 Å². The molecule has 0 aliphatic carbocycles. The quantitative estimate of drug-likeness (QED) is 0.451. The number of nitrogens with one attached hydrogen (secondary N) is 1. The number of aryl methyl sites for hydroxylation is 1. The van der Waals surface area contributed by atoms with E-state index in [1.165, 1.54) is 0 Å². The Hall–Kier alpha value is -1.55. The Bertz CT molecular complexity index is 389. The maximum Gasteiger partial charge on any atom is 0.130 e. The van der Waals surface area contributed by atoms with Gasteiger partial charge in [-0.2, -0.15) is 0 Å². The van der Waals surface area contributed by atoms with Crippen molar-refractivity contribution in [2.45, 2.75) is 26.9 Å². The summed E-state index contributed by atoms with van der Waals surface area (Å²) in [4.78, 5) is 0. The third kappa shape index (κ3) is 4.44. The van der Waals surface area contributed by atoms with E-state index in [1.54, 1.807) is 0 Å². The second-order valence-electron chi connectivity index (χ2n) is 4.18. The number of amidine groups is 1. The van der Waals surface area contributed by atoms with Crippen LogP contribution in [0.2, 0.25) is 0 Å². The second kappa shape index (κ2) is 6.25. The number of benzene rings is 1. The molecule has 0 aliphatic rings. The number of rotatable bonds is 6. The van der Waals surface area contributed by atoms with Crippen LogP contribution in [0, 0.1) is 12.3 Å². The Morgan fingerprint density at radius 2 is 2.06 bits per heavy atom. The number of hydrogen-bond donors (Lipinski definition) is 2. The van der Waals surface area contributed by atoms with Crippen molar-refractivity contribution in [1.29, 1.82) is 5.41 Å². The molecule has 0 aliphatic heterocycles. The van der Waals surface area contributed by atoms with Crippen molar-refractivity contribution in [2.24, 2.45) is 5.73 Å². The molecule has 0 atom stereocenters. The van der Waals surface area contributed by atoms with Gasteiger partial charge in [-0.15, -0.1) is 0 Å². The van der Waals surface area contributed by atoms with Gasteiger partial charge in [0.2, 0.25) is 0 Å². The zero-order valence-electron chi connectivity index (χ0n) is 10.6. The highest BCUT2D eigenvalue weighted by molar-refractivity contribution is 5.97. The molecule has 4 nitrogen and oxygen atoms in total. The Balaban J connectivity index is 2.61. The molecule has 0 heterocycles. The lowest BCUT2D eigenvalue weighted by Crippen LogP contribution is -2.16. The number of hydrogen-bond acceptors (Lipinski definition) is 3. The molecule has 0 spiro atoms. The second-order valence-corrected chi connectivity index (χ2v) is 4.18. The molecule has 94 valence electrons. The smallest absolute Gasteiger partial charge is 0.130 e. The van der Waals surface area contributed by atoms with E-state index >= 15 is 0 Å². The Labute approximate surface area is 102 Å². The van der Waals surface area contributed by atoms with Crippen molar-refractivity contribution in [3.8, 4) is 5.75 Å². The summed E-state index contributed by atoms with van der Waals surface area (Å²) in [5.41, 5.74) is 7.20. The molecule has 1 rings (SSSR count). The fourth-order valence-corrected chi connectivity index (χ4v) is 1.42. The van der Waals surface area contributed by atoms with Crippen molar-refractivity contribution in [2.75, 3.05) is 13.2 Å². The third-order valence-electron chi connectivity index (χ3n) is 2.22. The number of nitrogens with two attached hydrogens (primary N) is 1. The minimum absolute atomic E-state index is 0.0217. The number of ether oxygens (including phenoxy) is 2. The van der Waals surface area contributed by atoms with Crippen molar-refractivity contribution >= 4 is 5.84 Å². The zero-order chi connectivity index (χ0) is 12.8. The molecular weight excluding hydrogens is 216 g/mol. The van der Waals surface area contributed by atoms with Crippen LogP contribution >= 0.6 is 0 Å². The van der Waals surface area contributed by atoms with Crippen LogP contribution in [0.25, 0.3) is 0 Å². The van der Waals surface area contributed by atoms with Crippen LogP contribution in [0.15, 0.2) is 18.2 Å². The molecular formula is C13H20N2O2. The lowest BCUT2D eigenvalue weighted by molar-refractivity contribution is 0.0552. The van der Waals surface area contributed by atoms with Crippen LogP contribution in [-0.4, -0.2) is 25.2 Å². The summed E-state index contributed by atoms with van der Waals surface area (Å²) < 4.78 is 10.9. The molecule has 0 radical (unpaired) electrons. The van der Waals surface area contributed by atoms with Crippen molar-refractivity contribution in [3.05, 3.63) is 29.3 Å². The van der Waals surface area contributed by atoms with Gasteiger partial charge in [-0.3, -0.25) is 5.41 Å². The van der Waals surface area contributed by atoms with Gasteiger partial charge in [-0.05, 0) is 32.9 Å². The minimum Gasteiger partial charge on any atom is -0.490 e. The average molecular weight is 236 g/mol. The Kier molecular flexibility index (Phi) is 4.97. The maximum atomic E-state index is 7.49. The molecule has 0 fully saturated rings. The van der Waals surface area contributed by atoms with Crippen LogP contribution in [0.3, 0.4) is 0 Å². The molecule has 0 bridgehead atoms. The van der Waals surface area contributed by atoms with Crippen LogP contribution in [-0.2, 0) is 4.74 Å². The van der Waals surface area contributed by atoms with E-state index in [1.807, 2.05) is 39.0 Å². The molecule has 0 saturated carbocycles. The lowest BCUT2D eigenvalue weighted by atomic mass is 10.1. The fourth-order valence-electron chi connectivity index (χ4n) is 1.42. The first-order valence-electron chi connectivity index (χ1n) is 5.70. The largest absolute Gasteiger partial charge is 0.490 e. The highest BCUT2D eigenvalue weighted by Crippen LogP contribution is 2.19. The van der Waals surface area contributed by atoms with Crippen molar-refractivity contribution in [1.82, 2.24) is 0 Å². The van der Waals surface area contributed by atoms with E-state index < -0.39 is 0 Å². The van der Waals surface area contributed by atoms with E-state index in [0.717, 1.165) is 5.56 Å². The van der Waals surface area contributed by atoms with E-state index in [9.17, 15) is 0 Å². The number of nitrogen functional groups attached to an aromatic ring is 1. The third-order valence-corrected chi connectivity index (χ3v) is 2.22. The van der Waals surface area contributed by atoms with Gasteiger partial charge in [0.25, 0.3) is 0 Å². The normalized spacial score (nSPS) is 10.6. The summed E-state index contributed by atoms with van der Waals surface area (Å²) >= 11 is 0. The first kappa shape index (κ1) is 13.5. The molecule has 0 amide bonds. The van der Waals surface area contributed by atoms with E-state index in [-0.39, 0.29) is 11.9 Å². The summed E-state index contributed by atoms with van der Waals surface area (Å²) in [6.07, 6.45) is 0.198. The summed E-state index contributed by atoms with van der Waals surface area (Å²) in [6.45, 7) is 6.91.